The van der Waals surface area contributed by atoms with Crippen molar-refractivity contribution in [3.05, 3.63) is 23.8 Å². The summed E-state index contributed by atoms with van der Waals surface area (Å²) >= 11 is 0. The number of nitrogens with zero attached hydrogens (tertiary/aromatic N) is 2. The normalized spacial score (nSPS) is 21.8. The first kappa shape index (κ1) is 16.2. The van der Waals surface area contributed by atoms with Crippen molar-refractivity contribution in [2.24, 2.45) is 0 Å². The number of carbonyl (C=O) groups is 3. The summed E-state index contributed by atoms with van der Waals surface area (Å²) in [7, 11) is 1.27. The summed E-state index contributed by atoms with van der Waals surface area (Å²) in [6.07, 6.45) is -1.26. The lowest BCUT2D eigenvalue weighted by Crippen LogP contribution is -2.33. The fraction of sp³-hybridized carbons (Fsp3) is 0.400. The summed E-state index contributed by atoms with van der Waals surface area (Å²) in [6.45, 7) is 1.60. The van der Waals surface area contributed by atoms with Gasteiger partial charge in [0.1, 0.15) is 6.10 Å². The molecule has 9 heteroatoms. The Morgan fingerprint density at radius 3 is 2.79 bits per heavy atom. The van der Waals surface area contributed by atoms with E-state index < -0.39 is 29.6 Å². The van der Waals surface area contributed by atoms with E-state index in [1.165, 1.54) is 31.0 Å². The number of carbonyl (C=O) groups excluding carboxylic acids is 3. The smallest absolute Gasteiger partial charge is 0.414 e. The van der Waals surface area contributed by atoms with E-state index >= 15 is 0 Å². The molecule has 1 saturated heterocycles. The highest BCUT2D eigenvalue weighted by Crippen LogP contribution is 2.45. The molecule has 2 aliphatic rings. The van der Waals surface area contributed by atoms with Crippen LogP contribution >= 0.6 is 0 Å². The fourth-order valence-corrected chi connectivity index (χ4v) is 2.77. The molecule has 1 aromatic carbocycles. The molecule has 7 nitrogen and oxygen atoms in total. The predicted molar refractivity (Wildman–Crippen MR) is 80.0 cm³/mol. The highest BCUT2D eigenvalue weighted by atomic mass is 19.3. The maximum Gasteiger partial charge on any atom is 0.414 e. The van der Waals surface area contributed by atoms with Crippen molar-refractivity contribution < 1.29 is 27.9 Å². The van der Waals surface area contributed by atoms with Crippen LogP contribution in [0.1, 0.15) is 12.5 Å². The monoisotopic (exact) mass is 339 g/mol. The molecule has 1 aromatic rings. The number of alkyl halides is 2. The number of hydrogen-bond donors (Lipinski definition) is 1. The van der Waals surface area contributed by atoms with Gasteiger partial charge >= 0.3 is 17.9 Å². The van der Waals surface area contributed by atoms with Crippen molar-refractivity contribution in [2.45, 2.75) is 19.0 Å². The number of likely N-dealkylation sites (N-methyl/N-ethyl adjacent to an activating group) is 1. The zero-order valence-electron chi connectivity index (χ0n) is 13.0. The first-order valence-corrected chi connectivity index (χ1v) is 7.25. The minimum absolute atomic E-state index is 0.108. The number of ether oxygens (including phenoxy) is 1. The summed E-state index contributed by atoms with van der Waals surface area (Å²) in [4.78, 5) is 36.6. The maximum atomic E-state index is 14.1. The van der Waals surface area contributed by atoms with Crippen LogP contribution in [0.5, 0.6) is 0 Å². The third-order valence-corrected chi connectivity index (χ3v) is 4.02. The van der Waals surface area contributed by atoms with Crippen LogP contribution in [0, 0.1) is 0 Å². The van der Waals surface area contributed by atoms with E-state index in [1.54, 1.807) is 0 Å². The van der Waals surface area contributed by atoms with Crippen LogP contribution in [0.3, 0.4) is 0 Å². The van der Waals surface area contributed by atoms with Crippen molar-refractivity contribution in [3.63, 3.8) is 0 Å². The average Bonchev–Trinajstić information content (AvgIpc) is 2.98. The minimum Gasteiger partial charge on any atom is -0.442 e. The van der Waals surface area contributed by atoms with Gasteiger partial charge in [0, 0.05) is 19.7 Å². The second-order valence-corrected chi connectivity index (χ2v) is 5.69. The molecule has 3 amide bonds. The SMILES string of the molecule is CC(=O)NCC1CN(c2ccc3c(c2)C(F)(F)C(=O)N3C)C(=O)O1. The lowest BCUT2D eigenvalue weighted by molar-refractivity contribution is -0.141. The predicted octanol–water partition coefficient (Wildman–Crippen LogP) is 1.22. The third kappa shape index (κ3) is 2.45. The van der Waals surface area contributed by atoms with Crippen molar-refractivity contribution in [1.82, 2.24) is 5.32 Å². The Morgan fingerprint density at radius 1 is 1.42 bits per heavy atom. The van der Waals surface area contributed by atoms with Gasteiger partial charge in [-0.25, -0.2) is 4.79 Å². The molecule has 128 valence electrons. The molecule has 3 rings (SSSR count). The Balaban J connectivity index is 1.85. The molecular formula is C15H15F2N3O4. The van der Waals surface area contributed by atoms with E-state index in [4.69, 9.17) is 4.74 Å². The Bertz CT molecular complexity index is 737. The molecule has 1 atom stereocenters. The standard InChI is InChI=1S/C15H15F2N3O4/c1-8(21)18-6-10-7-20(14(23)24-10)9-3-4-12-11(5-9)15(16,17)13(22)19(12)2/h3-5,10H,6-7H2,1-2H3,(H,18,21). The van der Waals surface area contributed by atoms with E-state index in [-0.39, 0.29) is 30.4 Å². The van der Waals surface area contributed by atoms with E-state index in [2.05, 4.69) is 5.32 Å². The number of hydrogen-bond acceptors (Lipinski definition) is 4. The van der Waals surface area contributed by atoms with E-state index in [1.807, 2.05) is 0 Å². The van der Waals surface area contributed by atoms with Gasteiger partial charge in [-0.1, -0.05) is 0 Å². The lowest BCUT2D eigenvalue weighted by atomic mass is 10.1. The van der Waals surface area contributed by atoms with Crippen LogP contribution in [-0.4, -0.2) is 44.1 Å². The summed E-state index contributed by atoms with van der Waals surface area (Å²) < 4.78 is 33.2. The van der Waals surface area contributed by atoms with Gasteiger partial charge in [0.2, 0.25) is 5.91 Å². The summed E-state index contributed by atoms with van der Waals surface area (Å²) in [5, 5.41) is 2.53. The average molecular weight is 339 g/mol. The maximum absolute atomic E-state index is 14.1. The highest BCUT2D eigenvalue weighted by Gasteiger charge is 2.52. The zero-order valence-corrected chi connectivity index (χ0v) is 13.0. The second kappa shape index (κ2) is 5.43. The number of anilines is 2. The van der Waals surface area contributed by atoms with Crippen LogP contribution in [-0.2, 0) is 20.2 Å². The molecule has 0 aromatic heterocycles. The topological polar surface area (TPSA) is 79.0 Å². The zero-order chi connectivity index (χ0) is 17.6. The highest BCUT2D eigenvalue weighted by molar-refractivity contribution is 6.06. The molecule has 0 aliphatic carbocycles. The molecule has 1 fully saturated rings. The van der Waals surface area contributed by atoms with Crippen LogP contribution < -0.4 is 15.1 Å². The summed E-state index contributed by atoms with van der Waals surface area (Å²) in [6, 6.07) is 3.97. The molecule has 2 aliphatic heterocycles. The lowest BCUT2D eigenvalue weighted by Gasteiger charge is -2.15. The number of rotatable bonds is 3. The van der Waals surface area contributed by atoms with Gasteiger partial charge < -0.3 is 15.0 Å². The fourth-order valence-electron chi connectivity index (χ4n) is 2.77. The minimum atomic E-state index is -3.63. The molecule has 0 saturated carbocycles. The van der Waals surface area contributed by atoms with Gasteiger partial charge in [0.05, 0.1) is 24.3 Å². The van der Waals surface area contributed by atoms with Crippen LogP contribution in [0.15, 0.2) is 18.2 Å². The van der Waals surface area contributed by atoms with Crippen molar-refractivity contribution in [3.8, 4) is 0 Å². The molecule has 1 unspecified atom stereocenters. The number of amides is 3. The summed E-state index contributed by atoms with van der Waals surface area (Å²) in [5.41, 5.74) is -0.117. The molecule has 0 radical (unpaired) electrons. The van der Waals surface area contributed by atoms with E-state index in [0.29, 0.717) is 0 Å². The molecule has 2 heterocycles. The van der Waals surface area contributed by atoms with E-state index in [9.17, 15) is 23.2 Å². The Kier molecular flexibility index (Phi) is 3.66. The Hall–Kier alpha value is -2.71. The Morgan fingerprint density at radius 2 is 2.12 bits per heavy atom. The van der Waals surface area contributed by atoms with Crippen LogP contribution in [0.2, 0.25) is 0 Å². The van der Waals surface area contributed by atoms with Crippen molar-refractivity contribution in [1.29, 1.82) is 0 Å². The number of halogens is 2. The molecule has 0 spiro atoms. The number of cyclic esters (lactones) is 1. The first-order chi connectivity index (χ1) is 11.2. The van der Waals surface area contributed by atoms with Gasteiger partial charge in [-0.15, -0.1) is 0 Å². The first-order valence-electron chi connectivity index (χ1n) is 7.25. The number of fused-ring (bicyclic) bond motifs is 1. The van der Waals surface area contributed by atoms with Gasteiger partial charge in [-0.05, 0) is 18.2 Å². The van der Waals surface area contributed by atoms with Crippen LogP contribution in [0.4, 0.5) is 25.0 Å². The number of benzene rings is 1. The Labute approximate surface area is 136 Å². The van der Waals surface area contributed by atoms with Crippen molar-refractivity contribution in [2.75, 3.05) is 29.9 Å². The quantitative estimate of drug-likeness (QED) is 0.898. The molecule has 0 bridgehead atoms. The van der Waals surface area contributed by atoms with Gasteiger partial charge in [0.25, 0.3) is 0 Å². The third-order valence-electron chi connectivity index (χ3n) is 4.02. The number of nitrogens with one attached hydrogen (secondary N) is 1. The second-order valence-electron chi connectivity index (χ2n) is 5.69. The van der Waals surface area contributed by atoms with Crippen molar-refractivity contribution >= 4 is 29.3 Å². The molecular weight excluding hydrogens is 324 g/mol. The largest absolute Gasteiger partial charge is 0.442 e. The molecule has 24 heavy (non-hydrogen) atoms. The van der Waals surface area contributed by atoms with Gasteiger partial charge in [-0.3, -0.25) is 14.5 Å². The van der Waals surface area contributed by atoms with E-state index in [0.717, 1.165) is 11.0 Å². The summed E-state index contributed by atoms with van der Waals surface area (Å²) in [5.74, 6) is -5.19. The molecule has 1 N–H and O–H groups in total. The van der Waals surface area contributed by atoms with Crippen LogP contribution in [0.25, 0.3) is 0 Å². The van der Waals surface area contributed by atoms with Gasteiger partial charge in [0.15, 0.2) is 0 Å². The van der Waals surface area contributed by atoms with Gasteiger partial charge in [-0.2, -0.15) is 8.78 Å².